The van der Waals surface area contributed by atoms with Crippen molar-refractivity contribution >= 4 is 26.8 Å². The molecular weight excluding hydrogens is 534 g/mol. The summed E-state index contributed by atoms with van der Waals surface area (Å²) in [6.45, 7) is -0.229. The molecule has 0 radical (unpaired) electrons. The molecule has 196 valence electrons. The SMILES string of the molecule is O=C1c2cc(-c3ccc(C(F)(F)F)cc3C(F)(F)F)ccc2S(=O)(=O)N1CCc1ccnc2ccccc12. The summed E-state index contributed by atoms with van der Waals surface area (Å²) in [5, 5.41) is 0.779. The lowest BCUT2D eigenvalue weighted by atomic mass is 9.95. The number of fused-ring (bicyclic) bond motifs is 2. The predicted octanol–water partition coefficient (Wildman–Crippen LogP) is 6.33. The minimum absolute atomic E-state index is 0.00747. The zero-order valence-corrected chi connectivity index (χ0v) is 20.0. The van der Waals surface area contributed by atoms with Gasteiger partial charge in [-0.25, -0.2) is 12.7 Å². The van der Waals surface area contributed by atoms with Gasteiger partial charge in [-0.1, -0.05) is 30.3 Å². The zero-order chi connectivity index (χ0) is 27.5. The van der Waals surface area contributed by atoms with Gasteiger partial charge in [0.15, 0.2) is 0 Å². The number of sulfonamides is 1. The molecule has 0 saturated carbocycles. The van der Waals surface area contributed by atoms with Gasteiger partial charge in [-0.15, -0.1) is 0 Å². The first kappa shape index (κ1) is 25.7. The van der Waals surface area contributed by atoms with Crippen molar-refractivity contribution < 1.29 is 39.6 Å². The van der Waals surface area contributed by atoms with Crippen LogP contribution < -0.4 is 0 Å². The lowest BCUT2D eigenvalue weighted by Crippen LogP contribution is -2.32. The average molecular weight is 550 g/mol. The minimum Gasteiger partial charge on any atom is -0.268 e. The predicted molar refractivity (Wildman–Crippen MR) is 126 cm³/mol. The van der Waals surface area contributed by atoms with Crippen LogP contribution >= 0.6 is 0 Å². The van der Waals surface area contributed by atoms with Crippen LogP contribution in [0.3, 0.4) is 0 Å². The monoisotopic (exact) mass is 550 g/mol. The molecule has 3 aromatic carbocycles. The fraction of sp³-hybridized carbons (Fsp3) is 0.154. The first-order valence-electron chi connectivity index (χ1n) is 11.1. The van der Waals surface area contributed by atoms with Crippen LogP contribution in [0, 0.1) is 0 Å². The van der Waals surface area contributed by atoms with E-state index >= 15 is 0 Å². The molecule has 0 aliphatic carbocycles. The second kappa shape index (κ2) is 8.83. The molecule has 1 amide bonds. The number of amides is 1. The molecule has 1 aliphatic rings. The normalized spacial score (nSPS) is 15.2. The van der Waals surface area contributed by atoms with E-state index in [1.807, 2.05) is 0 Å². The summed E-state index contributed by atoms with van der Waals surface area (Å²) in [5.74, 6) is -0.930. The Balaban J connectivity index is 1.51. The Kier molecular flexibility index (Phi) is 5.97. The van der Waals surface area contributed by atoms with Crippen molar-refractivity contribution in [3.05, 3.63) is 95.2 Å². The standard InChI is InChI=1S/C26H16F6N2O3S/c27-25(28,29)17-6-7-18(21(14-17)26(30,31)32)16-5-8-23-20(13-16)24(35)34(38(23,36)37)12-10-15-9-11-33-22-4-2-1-3-19(15)22/h1-9,11,13-14H,10,12H2. The molecule has 0 unspecified atom stereocenters. The minimum atomic E-state index is -5.13. The van der Waals surface area contributed by atoms with Gasteiger partial charge in [0.2, 0.25) is 0 Å². The van der Waals surface area contributed by atoms with E-state index < -0.39 is 45.0 Å². The molecule has 38 heavy (non-hydrogen) atoms. The molecule has 5 rings (SSSR count). The third kappa shape index (κ3) is 4.38. The number of hydrogen-bond acceptors (Lipinski definition) is 4. The number of alkyl halides is 6. The number of benzene rings is 3. The first-order valence-corrected chi connectivity index (χ1v) is 12.5. The van der Waals surface area contributed by atoms with E-state index in [0.29, 0.717) is 22.0 Å². The summed E-state index contributed by atoms with van der Waals surface area (Å²) >= 11 is 0. The second-order valence-corrected chi connectivity index (χ2v) is 10.4. The summed E-state index contributed by atoms with van der Waals surface area (Å²) in [6, 6.07) is 13.0. The topological polar surface area (TPSA) is 67.3 Å². The van der Waals surface area contributed by atoms with Gasteiger partial charge in [0.05, 0.1) is 22.2 Å². The van der Waals surface area contributed by atoms with Crippen LogP contribution in [0.5, 0.6) is 0 Å². The molecule has 0 fully saturated rings. The highest BCUT2D eigenvalue weighted by Crippen LogP contribution is 2.42. The van der Waals surface area contributed by atoms with Gasteiger partial charge in [-0.05, 0) is 59.5 Å². The second-order valence-electron chi connectivity index (χ2n) is 8.59. The number of carbonyl (C=O) groups is 1. The van der Waals surface area contributed by atoms with E-state index in [9.17, 15) is 39.6 Å². The van der Waals surface area contributed by atoms with Gasteiger partial charge in [-0.3, -0.25) is 9.78 Å². The molecule has 0 bridgehead atoms. The molecule has 12 heteroatoms. The zero-order valence-electron chi connectivity index (χ0n) is 19.1. The highest BCUT2D eigenvalue weighted by molar-refractivity contribution is 7.90. The van der Waals surface area contributed by atoms with Gasteiger partial charge in [0.25, 0.3) is 15.9 Å². The van der Waals surface area contributed by atoms with Crippen molar-refractivity contribution in [2.24, 2.45) is 0 Å². The fourth-order valence-electron chi connectivity index (χ4n) is 4.48. The van der Waals surface area contributed by atoms with Crippen LogP contribution in [0.15, 0.2) is 77.8 Å². The quantitative estimate of drug-likeness (QED) is 0.279. The van der Waals surface area contributed by atoms with Crippen molar-refractivity contribution in [2.75, 3.05) is 6.54 Å². The largest absolute Gasteiger partial charge is 0.417 e. The summed E-state index contributed by atoms with van der Waals surface area (Å²) in [6.07, 6.45) is -8.42. The molecule has 2 heterocycles. The summed E-state index contributed by atoms with van der Waals surface area (Å²) in [5.41, 5.74) is -2.81. The molecule has 0 N–H and O–H groups in total. The maximum Gasteiger partial charge on any atom is 0.417 e. The van der Waals surface area contributed by atoms with Crippen LogP contribution in [-0.4, -0.2) is 30.2 Å². The van der Waals surface area contributed by atoms with Crippen LogP contribution in [-0.2, 0) is 28.8 Å². The molecular formula is C26H16F6N2O3S. The third-order valence-electron chi connectivity index (χ3n) is 6.29. The van der Waals surface area contributed by atoms with E-state index in [4.69, 9.17) is 0 Å². The lowest BCUT2D eigenvalue weighted by molar-refractivity contribution is -0.142. The Morgan fingerprint density at radius 1 is 0.816 bits per heavy atom. The molecule has 1 aromatic heterocycles. The molecule has 5 nitrogen and oxygen atoms in total. The third-order valence-corrected chi connectivity index (χ3v) is 8.13. The Labute approximate surface area is 212 Å². The number of hydrogen-bond donors (Lipinski definition) is 0. The summed E-state index contributed by atoms with van der Waals surface area (Å²) < 4.78 is 107. The van der Waals surface area contributed by atoms with E-state index in [1.165, 1.54) is 0 Å². The highest BCUT2D eigenvalue weighted by Gasteiger charge is 2.42. The van der Waals surface area contributed by atoms with Crippen LogP contribution in [0.25, 0.3) is 22.0 Å². The average Bonchev–Trinajstić information content (AvgIpc) is 3.05. The van der Waals surface area contributed by atoms with E-state index in [2.05, 4.69) is 4.98 Å². The number of aromatic nitrogens is 1. The number of carbonyl (C=O) groups excluding carboxylic acids is 1. The van der Waals surface area contributed by atoms with Gasteiger partial charge in [-0.2, -0.15) is 26.3 Å². The van der Waals surface area contributed by atoms with E-state index in [1.54, 1.807) is 36.5 Å². The van der Waals surface area contributed by atoms with Crippen molar-refractivity contribution in [2.45, 2.75) is 23.7 Å². The number of halogens is 6. The maximum atomic E-state index is 13.7. The molecule has 1 aliphatic heterocycles. The van der Waals surface area contributed by atoms with Gasteiger partial charge in [0.1, 0.15) is 4.90 Å². The van der Waals surface area contributed by atoms with Crippen molar-refractivity contribution in [1.29, 1.82) is 0 Å². The van der Waals surface area contributed by atoms with Crippen molar-refractivity contribution in [3.8, 4) is 11.1 Å². The Hall–Kier alpha value is -3.93. The maximum absolute atomic E-state index is 13.7. The Bertz CT molecular complexity index is 1690. The Morgan fingerprint density at radius 3 is 2.26 bits per heavy atom. The smallest absolute Gasteiger partial charge is 0.268 e. The van der Waals surface area contributed by atoms with Gasteiger partial charge in [0, 0.05) is 18.1 Å². The van der Waals surface area contributed by atoms with Crippen LogP contribution in [0.1, 0.15) is 27.0 Å². The van der Waals surface area contributed by atoms with Gasteiger partial charge < -0.3 is 0 Å². The van der Waals surface area contributed by atoms with Crippen molar-refractivity contribution in [3.63, 3.8) is 0 Å². The fourth-order valence-corrected chi connectivity index (χ4v) is 6.03. The molecule has 0 atom stereocenters. The molecule has 0 spiro atoms. The summed E-state index contributed by atoms with van der Waals surface area (Å²) in [4.78, 5) is 17.0. The molecule has 4 aromatic rings. The molecule has 0 saturated heterocycles. The van der Waals surface area contributed by atoms with Crippen LogP contribution in [0.4, 0.5) is 26.3 Å². The number of nitrogens with zero attached hydrogens (tertiary/aromatic N) is 2. The number of rotatable bonds is 4. The Morgan fingerprint density at radius 2 is 1.55 bits per heavy atom. The number of para-hydroxylation sites is 1. The first-order chi connectivity index (χ1) is 17.8. The van der Waals surface area contributed by atoms with Crippen LogP contribution in [0.2, 0.25) is 0 Å². The van der Waals surface area contributed by atoms with Crippen molar-refractivity contribution in [1.82, 2.24) is 9.29 Å². The van der Waals surface area contributed by atoms with Gasteiger partial charge >= 0.3 is 12.4 Å². The highest BCUT2D eigenvalue weighted by atomic mass is 32.2. The summed E-state index contributed by atoms with van der Waals surface area (Å²) in [7, 11) is -4.29. The lowest BCUT2D eigenvalue weighted by Gasteiger charge is -2.16. The number of pyridine rings is 1. The van der Waals surface area contributed by atoms with E-state index in [0.717, 1.165) is 29.1 Å². The van der Waals surface area contributed by atoms with E-state index in [-0.39, 0.29) is 35.1 Å².